The zero-order chi connectivity index (χ0) is 17.1. The number of benzene rings is 2. The Morgan fingerprint density at radius 1 is 1.21 bits per heavy atom. The van der Waals surface area contributed by atoms with E-state index in [1.54, 1.807) is 6.92 Å². The smallest absolute Gasteiger partial charge is 0.229 e. The quantitative estimate of drug-likeness (QED) is 0.687. The maximum Gasteiger partial charge on any atom is 0.229 e. The molecular formula is C18H17BrN4O. The lowest BCUT2D eigenvalue weighted by Crippen LogP contribution is -2.02. The fourth-order valence-electron chi connectivity index (χ4n) is 2.43. The number of anilines is 3. The van der Waals surface area contributed by atoms with Gasteiger partial charge in [0.05, 0.1) is 5.52 Å². The van der Waals surface area contributed by atoms with Gasteiger partial charge < -0.3 is 15.8 Å². The number of Topliss-reactive ketones (excluding diaryl/α,β-unsaturated/α-hetero) is 1. The summed E-state index contributed by atoms with van der Waals surface area (Å²) < 4.78 is 0.934. The third-order valence-electron chi connectivity index (χ3n) is 3.64. The number of halogens is 1. The molecule has 1 heterocycles. The molecule has 3 rings (SSSR count). The maximum absolute atomic E-state index is 11.1. The number of nitrogens with zero attached hydrogens (tertiary/aromatic N) is 2. The Morgan fingerprint density at radius 2 is 2.04 bits per heavy atom. The van der Waals surface area contributed by atoms with Crippen molar-refractivity contribution in [1.82, 2.24) is 9.97 Å². The molecule has 0 radical (unpaired) electrons. The highest BCUT2D eigenvalue weighted by atomic mass is 79.9. The minimum atomic E-state index is 0.185. The molecule has 3 aromatic rings. The van der Waals surface area contributed by atoms with Gasteiger partial charge in [-0.1, -0.05) is 28.1 Å². The van der Waals surface area contributed by atoms with E-state index in [1.807, 2.05) is 42.5 Å². The lowest BCUT2D eigenvalue weighted by Gasteiger charge is -2.09. The van der Waals surface area contributed by atoms with Crippen molar-refractivity contribution in [2.75, 3.05) is 11.1 Å². The molecule has 0 aliphatic heterocycles. The van der Waals surface area contributed by atoms with Gasteiger partial charge in [0.25, 0.3) is 0 Å². The number of rotatable bonds is 5. The van der Waals surface area contributed by atoms with Gasteiger partial charge in [0, 0.05) is 22.0 Å². The average molecular weight is 385 g/mol. The van der Waals surface area contributed by atoms with Gasteiger partial charge in [0.15, 0.2) is 0 Å². The maximum atomic E-state index is 11.1. The van der Waals surface area contributed by atoms with Crippen LogP contribution in [0.2, 0.25) is 0 Å². The molecule has 0 amide bonds. The normalized spacial score (nSPS) is 10.8. The minimum Gasteiger partial charge on any atom is -0.383 e. The van der Waals surface area contributed by atoms with Crippen LogP contribution in [0.1, 0.15) is 18.9 Å². The fraction of sp³-hybridized carbons (Fsp3) is 0.167. The van der Waals surface area contributed by atoms with E-state index in [-0.39, 0.29) is 5.78 Å². The van der Waals surface area contributed by atoms with Crippen LogP contribution < -0.4 is 11.1 Å². The zero-order valence-electron chi connectivity index (χ0n) is 13.2. The summed E-state index contributed by atoms with van der Waals surface area (Å²) in [4.78, 5) is 19.9. The lowest BCUT2D eigenvalue weighted by atomic mass is 10.1. The number of hydrogen-bond acceptors (Lipinski definition) is 5. The van der Waals surface area contributed by atoms with Crippen LogP contribution in [0.25, 0.3) is 10.9 Å². The predicted octanol–water partition coefficient (Wildman–Crippen LogP) is 4.24. The van der Waals surface area contributed by atoms with Gasteiger partial charge in [-0.2, -0.15) is 4.98 Å². The number of nitrogens with one attached hydrogen (secondary N) is 1. The molecule has 0 bridgehead atoms. The number of fused-ring (bicyclic) bond motifs is 1. The molecule has 0 aliphatic rings. The standard InChI is InChI=1S/C18H17BrN4O/c1-11(24)5-6-12-3-2-4-14(9-12)21-18-22-16-8-7-13(19)10-15(16)17(20)23-18/h2-4,7-10H,5-6H2,1H3,(H3,20,21,22,23). The van der Waals surface area contributed by atoms with Crippen molar-refractivity contribution in [3.8, 4) is 0 Å². The number of nitrogen functional groups attached to an aromatic ring is 1. The molecule has 24 heavy (non-hydrogen) atoms. The molecule has 0 unspecified atom stereocenters. The first kappa shape index (κ1) is 16.4. The van der Waals surface area contributed by atoms with Gasteiger partial charge >= 0.3 is 0 Å². The van der Waals surface area contributed by atoms with E-state index in [1.165, 1.54) is 0 Å². The fourth-order valence-corrected chi connectivity index (χ4v) is 2.80. The number of carbonyl (C=O) groups excluding carboxylic acids is 1. The Morgan fingerprint density at radius 3 is 2.83 bits per heavy atom. The largest absolute Gasteiger partial charge is 0.383 e. The first-order chi connectivity index (χ1) is 11.5. The van der Waals surface area contributed by atoms with E-state index in [9.17, 15) is 4.79 Å². The van der Waals surface area contributed by atoms with E-state index < -0.39 is 0 Å². The predicted molar refractivity (Wildman–Crippen MR) is 100 cm³/mol. The highest BCUT2D eigenvalue weighted by Gasteiger charge is 2.07. The summed E-state index contributed by atoms with van der Waals surface area (Å²) in [6.45, 7) is 1.60. The van der Waals surface area contributed by atoms with Gasteiger partial charge in [-0.15, -0.1) is 0 Å². The van der Waals surface area contributed by atoms with Crippen LogP contribution in [0.4, 0.5) is 17.5 Å². The van der Waals surface area contributed by atoms with E-state index in [2.05, 4.69) is 31.2 Å². The molecule has 0 fully saturated rings. The van der Waals surface area contributed by atoms with Crippen molar-refractivity contribution in [3.63, 3.8) is 0 Å². The van der Waals surface area contributed by atoms with Crippen molar-refractivity contribution < 1.29 is 4.79 Å². The van der Waals surface area contributed by atoms with E-state index in [0.717, 1.165) is 33.0 Å². The summed E-state index contributed by atoms with van der Waals surface area (Å²) >= 11 is 3.42. The topological polar surface area (TPSA) is 80.9 Å². The van der Waals surface area contributed by atoms with Crippen LogP contribution in [-0.4, -0.2) is 15.8 Å². The average Bonchev–Trinajstić information content (AvgIpc) is 2.54. The monoisotopic (exact) mass is 384 g/mol. The molecule has 3 N–H and O–H groups in total. The summed E-state index contributed by atoms with van der Waals surface area (Å²) in [5, 5.41) is 3.99. The van der Waals surface area contributed by atoms with E-state index in [0.29, 0.717) is 18.2 Å². The summed E-state index contributed by atoms with van der Waals surface area (Å²) in [6, 6.07) is 13.6. The molecule has 0 saturated carbocycles. The molecule has 122 valence electrons. The van der Waals surface area contributed by atoms with E-state index >= 15 is 0 Å². The van der Waals surface area contributed by atoms with Gasteiger partial charge in [-0.3, -0.25) is 0 Å². The zero-order valence-corrected chi connectivity index (χ0v) is 14.8. The molecule has 2 aromatic carbocycles. The van der Waals surface area contributed by atoms with Crippen LogP contribution in [0.15, 0.2) is 46.9 Å². The van der Waals surface area contributed by atoms with Crippen molar-refractivity contribution in [2.45, 2.75) is 19.8 Å². The Kier molecular flexibility index (Phi) is 4.76. The summed E-state index contributed by atoms with van der Waals surface area (Å²) in [5.74, 6) is 1.06. The van der Waals surface area contributed by atoms with Gasteiger partial charge in [0.1, 0.15) is 11.6 Å². The first-order valence-corrected chi connectivity index (χ1v) is 8.39. The van der Waals surface area contributed by atoms with Gasteiger partial charge in [-0.25, -0.2) is 4.98 Å². The number of hydrogen-bond donors (Lipinski definition) is 2. The van der Waals surface area contributed by atoms with Crippen LogP contribution in [0.3, 0.4) is 0 Å². The van der Waals surface area contributed by atoms with E-state index in [4.69, 9.17) is 5.73 Å². The molecule has 1 aromatic heterocycles. The third-order valence-corrected chi connectivity index (χ3v) is 4.13. The molecular weight excluding hydrogens is 368 g/mol. The van der Waals surface area contributed by atoms with Crippen LogP contribution in [-0.2, 0) is 11.2 Å². The Hall–Kier alpha value is -2.47. The summed E-state index contributed by atoms with van der Waals surface area (Å²) in [6.07, 6.45) is 1.26. The van der Waals surface area contributed by atoms with Crippen molar-refractivity contribution in [3.05, 3.63) is 52.5 Å². The Balaban J connectivity index is 1.86. The molecule has 0 spiro atoms. The van der Waals surface area contributed by atoms with Crippen molar-refractivity contribution >= 4 is 50.1 Å². The van der Waals surface area contributed by atoms with Crippen molar-refractivity contribution in [1.29, 1.82) is 0 Å². The SMILES string of the molecule is CC(=O)CCc1cccc(Nc2nc(N)c3cc(Br)ccc3n2)c1. The minimum absolute atomic E-state index is 0.185. The van der Waals surface area contributed by atoms with Crippen LogP contribution >= 0.6 is 15.9 Å². The number of ketones is 1. The van der Waals surface area contributed by atoms with Crippen LogP contribution in [0, 0.1) is 0 Å². The number of aryl methyl sites for hydroxylation is 1. The number of aromatic nitrogens is 2. The second-order valence-electron chi connectivity index (χ2n) is 5.62. The Labute approximate surface area is 148 Å². The van der Waals surface area contributed by atoms with Crippen molar-refractivity contribution in [2.24, 2.45) is 0 Å². The third kappa shape index (κ3) is 3.89. The first-order valence-electron chi connectivity index (χ1n) is 7.59. The molecule has 0 aliphatic carbocycles. The number of carbonyl (C=O) groups is 1. The lowest BCUT2D eigenvalue weighted by molar-refractivity contribution is -0.116. The molecule has 0 atom stereocenters. The second kappa shape index (κ2) is 6.97. The van der Waals surface area contributed by atoms with Crippen LogP contribution in [0.5, 0.6) is 0 Å². The summed E-state index contributed by atoms with van der Waals surface area (Å²) in [7, 11) is 0. The second-order valence-corrected chi connectivity index (χ2v) is 6.54. The number of nitrogens with two attached hydrogens (primary N) is 1. The van der Waals surface area contributed by atoms with Gasteiger partial charge in [-0.05, 0) is 49.2 Å². The summed E-state index contributed by atoms with van der Waals surface area (Å²) in [5.41, 5.74) is 8.78. The van der Waals surface area contributed by atoms with Gasteiger partial charge in [0.2, 0.25) is 5.95 Å². The highest BCUT2D eigenvalue weighted by molar-refractivity contribution is 9.10. The molecule has 5 nitrogen and oxygen atoms in total. The molecule has 6 heteroatoms. The Bertz CT molecular complexity index is 911. The highest BCUT2D eigenvalue weighted by Crippen LogP contribution is 2.25. The molecule has 0 saturated heterocycles.